The quantitative estimate of drug-likeness (QED) is 0.527. The summed E-state index contributed by atoms with van der Waals surface area (Å²) in [6.45, 7) is 11.1. The molecule has 9 nitrogen and oxygen atoms in total. The molecule has 9 heteroatoms. The Morgan fingerprint density at radius 1 is 1.20 bits per heavy atom. The van der Waals surface area contributed by atoms with Gasteiger partial charge in [-0.05, 0) is 52.8 Å². The Balaban J connectivity index is 1.65. The van der Waals surface area contributed by atoms with Crippen LogP contribution in [0.15, 0.2) is 28.9 Å². The van der Waals surface area contributed by atoms with Gasteiger partial charge in [-0.1, -0.05) is 5.16 Å². The van der Waals surface area contributed by atoms with E-state index in [2.05, 4.69) is 25.7 Å². The van der Waals surface area contributed by atoms with Crippen molar-refractivity contribution in [3.63, 3.8) is 0 Å². The second-order valence-corrected chi connectivity index (χ2v) is 7.54. The SMILES string of the molecule is CCn1ccc(-c2cc(C(=O)NC(C)Cn3nc(C)cc3C)c3c(C)noc3n2)n1. The molecule has 0 aliphatic heterocycles. The molecule has 30 heavy (non-hydrogen) atoms. The number of amides is 1. The zero-order valence-corrected chi connectivity index (χ0v) is 17.8. The zero-order valence-electron chi connectivity index (χ0n) is 17.8. The summed E-state index contributed by atoms with van der Waals surface area (Å²) in [6.07, 6.45) is 1.88. The number of aryl methyl sites for hydroxylation is 4. The molecule has 0 fully saturated rings. The van der Waals surface area contributed by atoms with E-state index in [1.165, 1.54) is 0 Å². The molecule has 0 saturated carbocycles. The van der Waals surface area contributed by atoms with Gasteiger partial charge in [0.2, 0.25) is 0 Å². The molecule has 0 spiro atoms. The first kappa shape index (κ1) is 19.8. The Morgan fingerprint density at radius 2 is 2.00 bits per heavy atom. The largest absolute Gasteiger partial charge is 0.348 e. The average Bonchev–Trinajstić information content (AvgIpc) is 3.40. The maximum Gasteiger partial charge on any atom is 0.259 e. The number of hydrogen-bond donors (Lipinski definition) is 1. The third-order valence-corrected chi connectivity index (χ3v) is 5.02. The number of carbonyl (C=O) groups excluding carboxylic acids is 1. The zero-order chi connectivity index (χ0) is 21.4. The van der Waals surface area contributed by atoms with Crippen LogP contribution in [0, 0.1) is 20.8 Å². The third-order valence-electron chi connectivity index (χ3n) is 5.02. The van der Waals surface area contributed by atoms with Crippen molar-refractivity contribution in [1.82, 2.24) is 35.0 Å². The molecule has 156 valence electrons. The van der Waals surface area contributed by atoms with Gasteiger partial charge in [-0.3, -0.25) is 14.2 Å². The number of aromatic nitrogens is 6. The van der Waals surface area contributed by atoms with Crippen LogP contribution >= 0.6 is 0 Å². The number of nitrogens with one attached hydrogen (secondary N) is 1. The fourth-order valence-electron chi connectivity index (χ4n) is 3.55. The minimum Gasteiger partial charge on any atom is -0.348 e. The first-order valence-corrected chi connectivity index (χ1v) is 9.98. The van der Waals surface area contributed by atoms with Crippen LogP contribution < -0.4 is 5.32 Å². The van der Waals surface area contributed by atoms with E-state index in [-0.39, 0.29) is 11.9 Å². The molecular formula is C21H25N7O2. The average molecular weight is 407 g/mol. The van der Waals surface area contributed by atoms with Gasteiger partial charge in [-0.15, -0.1) is 0 Å². The molecule has 4 aromatic rings. The van der Waals surface area contributed by atoms with Gasteiger partial charge in [0.25, 0.3) is 11.6 Å². The summed E-state index contributed by atoms with van der Waals surface area (Å²) in [5.74, 6) is -0.209. The predicted molar refractivity (Wildman–Crippen MR) is 112 cm³/mol. The summed E-state index contributed by atoms with van der Waals surface area (Å²) in [6, 6.07) is 5.51. The molecule has 0 aromatic carbocycles. The third kappa shape index (κ3) is 3.70. The standard InChI is InChI=1S/C21H25N7O2/c1-6-27-8-7-17(25-27)18-10-16(19-15(5)26-30-21(19)23-18)20(29)22-13(3)11-28-14(4)9-12(2)24-28/h7-10,13H,6,11H2,1-5H3,(H,22,29). The fraction of sp³-hybridized carbons (Fsp3) is 0.381. The molecule has 1 amide bonds. The Kier molecular flexibility index (Phi) is 5.11. The van der Waals surface area contributed by atoms with Gasteiger partial charge in [0.1, 0.15) is 5.69 Å². The van der Waals surface area contributed by atoms with Crippen molar-refractivity contribution in [2.45, 2.75) is 53.8 Å². The molecule has 1 N–H and O–H groups in total. The first-order chi connectivity index (χ1) is 14.4. The minimum atomic E-state index is -0.209. The second kappa shape index (κ2) is 7.74. The van der Waals surface area contributed by atoms with E-state index >= 15 is 0 Å². The number of fused-ring (bicyclic) bond motifs is 1. The summed E-state index contributed by atoms with van der Waals surface area (Å²) in [5, 5.41) is 16.6. The van der Waals surface area contributed by atoms with Gasteiger partial charge in [0.05, 0.1) is 34.6 Å². The summed E-state index contributed by atoms with van der Waals surface area (Å²) >= 11 is 0. The van der Waals surface area contributed by atoms with Gasteiger partial charge in [0.15, 0.2) is 0 Å². The number of carbonyl (C=O) groups is 1. The van der Waals surface area contributed by atoms with Crippen LogP contribution in [0.2, 0.25) is 0 Å². The second-order valence-electron chi connectivity index (χ2n) is 7.54. The van der Waals surface area contributed by atoms with Gasteiger partial charge in [-0.25, -0.2) is 4.98 Å². The Labute approximate surface area is 174 Å². The van der Waals surface area contributed by atoms with Gasteiger partial charge in [0, 0.05) is 24.5 Å². The van der Waals surface area contributed by atoms with Crippen LogP contribution in [-0.4, -0.2) is 41.7 Å². The van der Waals surface area contributed by atoms with Crippen molar-refractivity contribution in [3.05, 3.63) is 47.0 Å². The lowest BCUT2D eigenvalue weighted by Crippen LogP contribution is -2.36. The number of hydrogen-bond acceptors (Lipinski definition) is 6. The normalized spacial score (nSPS) is 12.4. The van der Waals surface area contributed by atoms with E-state index in [9.17, 15) is 4.79 Å². The van der Waals surface area contributed by atoms with Crippen molar-refractivity contribution in [2.24, 2.45) is 0 Å². The van der Waals surface area contributed by atoms with Crippen LogP contribution in [0.3, 0.4) is 0 Å². The maximum absolute atomic E-state index is 13.2. The smallest absolute Gasteiger partial charge is 0.259 e. The van der Waals surface area contributed by atoms with E-state index in [4.69, 9.17) is 4.52 Å². The topological polar surface area (TPSA) is 104 Å². The molecule has 1 atom stereocenters. The highest BCUT2D eigenvalue weighted by Crippen LogP contribution is 2.26. The van der Waals surface area contributed by atoms with E-state index in [0.29, 0.717) is 40.3 Å². The molecular weight excluding hydrogens is 382 g/mol. The van der Waals surface area contributed by atoms with Crippen molar-refractivity contribution >= 4 is 17.0 Å². The first-order valence-electron chi connectivity index (χ1n) is 9.98. The van der Waals surface area contributed by atoms with Gasteiger partial charge < -0.3 is 9.84 Å². The van der Waals surface area contributed by atoms with E-state index in [1.54, 1.807) is 13.0 Å². The highest BCUT2D eigenvalue weighted by Gasteiger charge is 2.21. The summed E-state index contributed by atoms with van der Waals surface area (Å²) < 4.78 is 9.07. The van der Waals surface area contributed by atoms with Crippen LogP contribution in [0.25, 0.3) is 22.5 Å². The molecule has 1 unspecified atom stereocenters. The van der Waals surface area contributed by atoms with Crippen LogP contribution in [-0.2, 0) is 13.1 Å². The molecule has 0 aliphatic carbocycles. The van der Waals surface area contributed by atoms with E-state index < -0.39 is 0 Å². The summed E-state index contributed by atoms with van der Waals surface area (Å²) in [5.41, 5.74) is 4.69. The maximum atomic E-state index is 13.2. The van der Waals surface area contributed by atoms with Crippen molar-refractivity contribution in [3.8, 4) is 11.4 Å². The molecule has 4 heterocycles. The van der Waals surface area contributed by atoms with Crippen molar-refractivity contribution in [2.75, 3.05) is 0 Å². The molecule has 0 bridgehead atoms. The predicted octanol–water partition coefficient (Wildman–Crippen LogP) is 3.05. The lowest BCUT2D eigenvalue weighted by atomic mass is 10.1. The Morgan fingerprint density at radius 3 is 2.67 bits per heavy atom. The molecule has 0 saturated heterocycles. The Bertz CT molecular complexity index is 1220. The van der Waals surface area contributed by atoms with E-state index in [1.807, 2.05) is 55.4 Å². The van der Waals surface area contributed by atoms with Crippen LogP contribution in [0.5, 0.6) is 0 Å². The van der Waals surface area contributed by atoms with Crippen LogP contribution in [0.1, 0.15) is 41.3 Å². The van der Waals surface area contributed by atoms with E-state index in [0.717, 1.165) is 17.9 Å². The summed E-state index contributed by atoms with van der Waals surface area (Å²) in [4.78, 5) is 17.7. The van der Waals surface area contributed by atoms with Crippen LogP contribution in [0.4, 0.5) is 0 Å². The fourth-order valence-corrected chi connectivity index (χ4v) is 3.55. The minimum absolute atomic E-state index is 0.123. The van der Waals surface area contributed by atoms with Crippen molar-refractivity contribution in [1.29, 1.82) is 0 Å². The Hall–Kier alpha value is -3.49. The molecule has 0 aliphatic rings. The highest BCUT2D eigenvalue weighted by molar-refractivity contribution is 6.07. The number of rotatable bonds is 6. The number of nitrogens with zero attached hydrogens (tertiary/aromatic N) is 6. The van der Waals surface area contributed by atoms with Crippen molar-refractivity contribution < 1.29 is 9.32 Å². The lowest BCUT2D eigenvalue weighted by molar-refractivity contribution is 0.0937. The van der Waals surface area contributed by atoms with Gasteiger partial charge >= 0.3 is 0 Å². The monoisotopic (exact) mass is 407 g/mol. The molecule has 4 rings (SSSR count). The summed E-state index contributed by atoms with van der Waals surface area (Å²) in [7, 11) is 0. The molecule has 4 aromatic heterocycles. The highest BCUT2D eigenvalue weighted by atomic mass is 16.5. The lowest BCUT2D eigenvalue weighted by Gasteiger charge is -2.15. The number of pyridine rings is 1. The molecule has 0 radical (unpaired) electrons. The van der Waals surface area contributed by atoms with Gasteiger partial charge in [-0.2, -0.15) is 10.2 Å².